The fourth-order valence-corrected chi connectivity index (χ4v) is 3.41. The van der Waals surface area contributed by atoms with Crippen molar-refractivity contribution in [1.29, 1.82) is 0 Å². The number of methoxy groups -OCH3 is 1. The second-order valence-electron chi connectivity index (χ2n) is 6.42. The number of benzene rings is 2. The summed E-state index contributed by atoms with van der Waals surface area (Å²) in [6.07, 6.45) is 0. The number of nitrogens with zero attached hydrogens (tertiary/aromatic N) is 2. The summed E-state index contributed by atoms with van der Waals surface area (Å²) >= 11 is 0. The average Bonchev–Trinajstić information content (AvgIpc) is 2.67. The van der Waals surface area contributed by atoms with E-state index in [4.69, 9.17) is 9.47 Å². The molecule has 0 saturated carbocycles. The molecule has 1 heterocycles. The average molecular weight is 344 g/mol. The smallest absolute Gasteiger partial charge is 0.123 e. The third-order valence-corrected chi connectivity index (χ3v) is 4.85. The lowest BCUT2D eigenvalue weighted by molar-refractivity contribution is 0.0320. The van der Waals surface area contributed by atoms with Gasteiger partial charge in [-0.15, -0.1) is 0 Å². The first kappa shape index (κ1) is 18.1. The van der Waals surface area contributed by atoms with Gasteiger partial charge < -0.3 is 14.6 Å². The maximum Gasteiger partial charge on any atom is 0.123 e. The maximum absolute atomic E-state index is 9.48. The van der Waals surface area contributed by atoms with Gasteiger partial charge in [0, 0.05) is 44.8 Å². The lowest BCUT2D eigenvalue weighted by Crippen LogP contribution is -2.41. The van der Waals surface area contributed by atoms with Gasteiger partial charge >= 0.3 is 0 Å². The highest BCUT2D eigenvalue weighted by molar-refractivity contribution is 5.87. The number of morpholine rings is 1. The van der Waals surface area contributed by atoms with Crippen LogP contribution in [-0.2, 0) is 11.3 Å². The quantitative estimate of drug-likeness (QED) is 0.793. The number of ether oxygens (including phenoxy) is 2. The van der Waals surface area contributed by atoms with Gasteiger partial charge in [0.1, 0.15) is 5.75 Å². The van der Waals surface area contributed by atoms with Crippen LogP contribution in [0, 0.1) is 0 Å². The molecule has 0 amide bonds. The van der Waals surface area contributed by atoms with Gasteiger partial charge in [-0.05, 0) is 16.8 Å². The maximum atomic E-state index is 9.48. The second-order valence-corrected chi connectivity index (χ2v) is 6.42. The fourth-order valence-electron chi connectivity index (χ4n) is 3.41. The lowest BCUT2D eigenvalue weighted by atomic mass is 10.0. The van der Waals surface area contributed by atoms with Crippen LogP contribution >= 0.6 is 0 Å². The van der Waals surface area contributed by atoms with Crippen LogP contribution in [0.5, 0.6) is 5.75 Å². The number of aliphatic hydroxyl groups is 1. The van der Waals surface area contributed by atoms with Crippen LogP contribution in [0.1, 0.15) is 5.56 Å². The number of hydrogen-bond acceptors (Lipinski definition) is 5. The predicted octanol–water partition coefficient (Wildman–Crippen LogP) is 1.97. The zero-order valence-corrected chi connectivity index (χ0v) is 15.0. The molecule has 3 rings (SSSR count). The first-order valence-corrected chi connectivity index (χ1v) is 8.99. The molecule has 25 heavy (non-hydrogen) atoms. The first-order chi connectivity index (χ1) is 12.3. The van der Waals surface area contributed by atoms with E-state index in [0.29, 0.717) is 6.54 Å². The number of rotatable bonds is 8. The topological polar surface area (TPSA) is 45.2 Å². The summed E-state index contributed by atoms with van der Waals surface area (Å²) in [5, 5.41) is 11.9. The van der Waals surface area contributed by atoms with Gasteiger partial charge in [-0.25, -0.2) is 0 Å². The Morgan fingerprint density at radius 3 is 2.68 bits per heavy atom. The van der Waals surface area contributed by atoms with E-state index in [2.05, 4.69) is 40.1 Å². The van der Waals surface area contributed by atoms with E-state index in [9.17, 15) is 5.11 Å². The Labute approximate surface area is 149 Å². The third-order valence-electron chi connectivity index (χ3n) is 4.85. The summed E-state index contributed by atoms with van der Waals surface area (Å²) in [5.74, 6) is 0.910. The van der Waals surface area contributed by atoms with Gasteiger partial charge in [-0.2, -0.15) is 0 Å². The number of aliphatic hydroxyl groups excluding tert-OH is 1. The van der Waals surface area contributed by atoms with Crippen molar-refractivity contribution in [3.05, 3.63) is 42.0 Å². The largest absolute Gasteiger partial charge is 0.496 e. The van der Waals surface area contributed by atoms with E-state index in [1.807, 2.05) is 6.07 Å². The fraction of sp³-hybridized carbons (Fsp3) is 0.500. The van der Waals surface area contributed by atoms with Crippen LogP contribution in [0.3, 0.4) is 0 Å². The second kappa shape index (κ2) is 9.15. The van der Waals surface area contributed by atoms with Gasteiger partial charge in [-0.1, -0.05) is 30.3 Å². The van der Waals surface area contributed by atoms with Gasteiger partial charge in [-0.3, -0.25) is 9.80 Å². The van der Waals surface area contributed by atoms with Crippen molar-refractivity contribution in [1.82, 2.24) is 9.80 Å². The Bertz CT molecular complexity index is 671. The van der Waals surface area contributed by atoms with Gasteiger partial charge in [0.05, 0.1) is 26.9 Å². The minimum Gasteiger partial charge on any atom is -0.496 e. The zero-order chi connectivity index (χ0) is 17.5. The van der Waals surface area contributed by atoms with Crippen molar-refractivity contribution in [2.45, 2.75) is 6.54 Å². The van der Waals surface area contributed by atoms with Crippen LogP contribution in [0.15, 0.2) is 36.4 Å². The molecule has 2 aromatic rings. The molecular weight excluding hydrogens is 316 g/mol. The van der Waals surface area contributed by atoms with E-state index >= 15 is 0 Å². The van der Waals surface area contributed by atoms with Crippen LogP contribution in [0.25, 0.3) is 10.8 Å². The molecular formula is C20H28N2O3. The van der Waals surface area contributed by atoms with Gasteiger partial charge in [0.2, 0.25) is 0 Å². The molecule has 2 aromatic carbocycles. The Hall–Kier alpha value is -1.66. The Morgan fingerprint density at radius 2 is 1.92 bits per heavy atom. The van der Waals surface area contributed by atoms with Crippen molar-refractivity contribution >= 4 is 10.8 Å². The van der Waals surface area contributed by atoms with Crippen molar-refractivity contribution in [2.75, 3.05) is 59.7 Å². The van der Waals surface area contributed by atoms with Crippen LogP contribution < -0.4 is 4.74 Å². The highest BCUT2D eigenvalue weighted by Crippen LogP contribution is 2.29. The van der Waals surface area contributed by atoms with Crippen molar-refractivity contribution < 1.29 is 14.6 Å². The SMILES string of the molecule is COc1ccc2ccccc2c1CN(CCO)CCN1CCOCC1. The summed E-state index contributed by atoms with van der Waals surface area (Å²) in [5.41, 5.74) is 1.19. The summed E-state index contributed by atoms with van der Waals surface area (Å²) in [7, 11) is 1.72. The molecule has 1 aliphatic rings. The van der Waals surface area contributed by atoms with Crippen LogP contribution in [-0.4, -0.2) is 74.6 Å². The van der Waals surface area contributed by atoms with Crippen LogP contribution in [0.4, 0.5) is 0 Å². The molecule has 0 aromatic heterocycles. The van der Waals surface area contributed by atoms with E-state index in [1.54, 1.807) is 7.11 Å². The van der Waals surface area contributed by atoms with E-state index < -0.39 is 0 Å². The molecule has 0 aliphatic carbocycles. The minimum absolute atomic E-state index is 0.163. The van der Waals surface area contributed by atoms with E-state index in [-0.39, 0.29) is 6.61 Å². The molecule has 5 heteroatoms. The van der Waals surface area contributed by atoms with Gasteiger partial charge in [0.25, 0.3) is 0 Å². The predicted molar refractivity (Wildman–Crippen MR) is 100 cm³/mol. The lowest BCUT2D eigenvalue weighted by Gasteiger charge is -2.30. The van der Waals surface area contributed by atoms with Crippen molar-refractivity contribution in [3.63, 3.8) is 0 Å². The third kappa shape index (κ3) is 4.70. The Balaban J connectivity index is 1.75. The standard InChI is InChI=1S/C20H28N2O3/c1-24-20-7-6-17-4-2-3-5-18(17)19(20)16-22(10-13-23)9-8-21-11-14-25-15-12-21/h2-7,23H,8-16H2,1H3. The first-order valence-electron chi connectivity index (χ1n) is 8.99. The molecule has 0 unspecified atom stereocenters. The number of hydrogen-bond donors (Lipinski definition) is 1. The summed E-state index contributed by atoms with van der Waals surface area (Å²) in [6, 6.07) is 12.5. The molecule has 0 atom stereocenters. The monoisotopic (exact) mass is 344 g/mol. The molecule has 0 radical (unpaired) electrons. The minimum atomic E-state index is 0.163. The Kier molecular flexibility index (Phi) is 6.64. The summed E-state index contributed by atoms with van der Waals surface area (Å²) < 4.78 is 11.0. The number of fused-ring (bicyclic) bond motifs is 1. The van der Waals surface area contributed by atoms with Gasteiger partial charge in [0.15, 0.2) is 0 Å². The van der Waals surface area contributed by atoms with Crippen molar-refractivity contribution in [3.8, 4) is 5.75 Å². The van der Waals surface area contributed by atoms with E-state index in [1.165, 1.54) is 16.3 Å². The van der Waals surface area contributed by atoms with Crippen LogP contribution in [0.2, 0.25) is 0 Å². The molecule has 1 N–H and O–H groups in total. The van der Waals surface area contributed by atoms with Crippen molar-refractivity contribution in [2.24, 2.45) is 0 Å². The molecule has 0 bridgehead atoms. The molecule has 136 valence electrons. The highest BCUT2D eigenvalue weighted by Gasteiger charge is 2.15. The summed E-state index contributed by atoms with van der Waals surface area (Å²) in [4.78, 5) is 4.73. The molecule has 0 spiro atoms. The molecule has 1 saturated heterocycles. The molecule has 5 nitrogen and oxygen atoms in total. The summed E-state index contributed by atoms with van der Waals surface area (Å²) in [6.45, 7) is 7.13. The van der Waals surface area contributed by atoms with E-state index in [0.717, 1.165) is 51.7 Å². The highest BCUT2D eigenvalue weighted by atomic mass is 16.5. The zero-order valence-electron chi connectivity index (χ0n) is 15.0. The molecule has 1 aliphatic heterocycles. The Morgan fingerprint density at radius 1 is 1.12 bits per heavy atom. The molecule has 1 fully saturated rings. The normalized spacial score (nSPS) is 15.8.